The average molecular weight is 282 g/mol. The summed E-state index contributed by atoms with van der Waals surface area (Å²) in [6, 6.07) is 6.22. The van der Waals surface area contributed by atoms with E-state index in [9.17, 15) is 9.18 Å². The van der Waals surface area contributed by atoms with Crippen LogP contribution < -0.4 is 5.32 Å². The number of likely N-dealkylation sites (N-methyl/N-ethyl adjacent to an activating group) is 1. The number of benzene rings is 1. The van der Waals surface area contributed by atoms with Crippen LogP contribution in [0.4, 0.5) is 9.18 Å². The normalized spacial score (nSPS) is 11.2. The molecule has 0 fully saturated rings. The van der Waals surface area contributed by atoms with E-state index in [0.717, 1.165) is 5.56 Å². The Bertz CT molecular complexity index is 432. The first-order valence-electron chi connectivity index (χ1n) is 6.61. The second-order valence-corrected chi connectivity index (χ2v) is 5.46. The molecule has 4 nitrogen and oxygen atoms in total. The third-order valence-electron chi connectivity index (χ3n) is 3.28. The van der Waals surface area contributed by atoms with Crippen molar-refractivity contribution in [3.8, 4) is 0 Å². The zero-order valence-corrected chi connectivity index (χ0v) is 12.6. The number of hydrogen-bond acceptors (Lipinski definition) is 2. The first-order chi connectivity index (χ1) is 9.36. The minimum Gasteiger partial charge on any atom is -0.383 e. The quantitative estimate of drug-likeness (QED) is 0.870. The van der Waals surface area contributed by atoms with E-state index < -0.39 is 0 Å². The van der Waals surface area contributed by atoms with Crippen LogP contribution in [0.15, 0.2) is 24.3 Å². The van der Waals surface area contributed by atoms with Gasteiger partial charge in [-0.2, -0.15) is 0 Å². The van der Waals surface area contributed by atoms with E-state index in [-0.39, 0.29) is 17.3 Å². The SMILES string of the molecule is COCCN(C)C(=O)NCC(C)(C)c1ccc(F)cc1. The highest BCUT2D eigenvalue weighted by molar-refractivity contribution is 5.73. The smallest absolute Gasteiger partial charge is 0.317 e. The Morgan fingerprint density at radius 3 is 2.50 bits per heavy atom. The Morgan fingerprint density at radius 1 is 1.35 bits per heavy atom. The minimum atomic E-state index is -0.258. The second kappa shape index (κ2) is 7.24. The molecule has 5 heteroatoms. The molecule has 0 saturated heterocycles. The number of carbonyl (C=O) groups is 1. The van der Waals surface area contributed by atoms with Crippen LogP contribution in [-0.4, -0.2) is 44.8 Å². The van der Waals surface area contributed by atoms with Gasteiger partial charge in [0.2, 0.25) is 0 Å². The third kappa shape index (κ3) is 4.81. The third-order valence-corrected chi connectivity index (χ3v) is 3.28. The molecule has 1 N–H and O–H groups in total. The van der Waals surface area contributed by atoms with Gasteiger partial charge in [-0.05, 0) is 17.7 Å². The lowest BCUT2D eigenvalue weighted by molar-refractivity contribution is 0.159. The summed E-state index contributed by atoms with van der Waals surface area (Å²) < 4.78 is 17.9. The van der Waals surface area contributed by atoms with Crippen LogP contribution in [0, 0.1) is 5.82 Å². The predicted molar refractivity (Wildman–Crippen MR) is 77.3 cm³/mol. The van der Waals surface area contributed by atoms with E-state index >= 15 is 0 Å². The Hall–Kier alpha value is -1.62. The van der Waals surface area contributed by atoms with Crippen LogP contribution in [0.1, 0.15) is 19.4 Å². The van der Waals surface area contributed by atoms with E-state index in [0.29, 0.717) is 19.7 Å². The molecule has 0 aromatic heterocycles. The standard InChI is InChI=1S/C15H23FN2O2/c1-15(2,12-5-7-13(16)8-6-12)11-17-14(19)18(3)9-10-20-4/h5-8H,9-11H2,1-4H3,(H,17,19). The van der Waals surface area contributed by atoms with Crippen molar-refractivity contribution in [1.29, 1.82) is 0 Å². The Morgan fingerprint density at radius 2 is 1.95 bits per heavy atom. The van der Waals surface area contributed by atoms with Crippen molar-refractivity contribution in [3.05, 3.63) is 35.6 Å². The van der Waals surface area contributed by atoms with Gasteiger partial charge in [0.25, 0.3) is 0 Å². The van der Waals surface area contributed by atoms with Crippen LogP contribution >= 0.6 is 0 Å². The maximum Gasteiger partial charge on any atom is 0.317 e. The number of methoxy groups -OCH3 is 1. The minimum absolute atomic E-state index is 0.141. The maximum absolute atomic E-state index is 12.9. The highest BCUT2D eigenvalue weighted by Crippen LogP contribution is 2.22. The number of urea groups is 1. The van der Waals surface area contributed by atoms with Gasteiger partial charge in [0, 0.05) is 32.7 Å². The largest absolute Gasteiger partial charge is 0.383 e. The number of nitrogens with one attached hydrogen (secondary N) is 1. The first-order valence-corrected chi connectivity index (χ1v) is 6.61. The fourth-order valence-corrected chi connectivity index (χ4v) is 1.76. The van der Waals surface area contributed by atoms with Gasteiger partial charge < -0.3 is 15.0 Å². The van der Waals surface area contributed by atoms with Crippen molar-refractivity contribution in [2.75, 3.05) is 33.9 Å². The van der Waals surface area contributed by atoms with Gasteiger partial charge in [0.05, 0.1) is 6.61 Å². The van der Waals surface area contributed by atoms with Crippen molar-refractivity contribution in [2.45, 2.75) is 19.3 Å². The van der Waals surface area contributed by atoms with Crippen molar-refractivity contribution in [2.24, 2.45) is 0 Å². The summed E-state index contributed by atoms with van der Waals surface area (Å²) in [6.45, 7) is 5.55. The van der Waals surface area contributed by atoms with Crippen LogP contribution in [0.3, 0.4) is 0 Å². The molecule has 112 valence electrons. The lowest BCUT2D eigenvalue weighted by atomic mass is 9.84. The molecule has 0 atom stereocenters. The van der Waals surface area contributed by atoms with Crippen molar-refractivity contribution in [1.82, 2.24) is 10.2 Å². The lowest BCUT2D eigenvalue weighted by Crippen LogP contribution is -2.44. The summed E-state index contributed by atoms with van der Waals surface area (Å²) in [5, 5.41) is 2.88. The Balaban J connectivity index is 2.54. The molecular weight excluding hydrogens is 259 g/mol. The lowest BCUT2D eigenvalue weighted by Gasteiger charge is -2.27. The number of carbonyl (C=O) groups excluding carboxylic acids is 1. The van der Waals surface area contributed by atoms with Crippen molar-refractivity contribution >= 4 is 6.03 Å². The summed E-state index contributed by atoms with van der Waals surface area (Å²) in [5.41, 5.74) is 0.726. The van der Waals surface area contributed by atoms with Crippen LogP contribution in [-0.2, 0) is 10.2 Å². The molecule has 0 aliphatic heterocycles. The second-order valence-electron chi connectivity index (χ2n) is 5.46. The van der Waals surface area contributed by atoms with Crippen LogP contribution in [0.25, 0.3) is 0 Å². The number of amides is 2. The predicted octanol–water partition coefficient (Wildman–Crippen LogP) is 2.39. The topological polar surface area (TPSA) is 41.6 Å². The molecule has 0 aliphatic rings. The molecular formula is C15H23FN2O2. The summed E-state index contributed by atoms with van der Waals surface area (Å²) in [7, 11) is 3.32. The van der Waals surface area contributed by atoms with Gasteiger partial charge in [-0.1, -0.05) is 26.0 Å². The summed E-state index contributed by atoms with van der Waals surface area (Å²) in [5.74, 6) is -0.257. The van der Waals surface area contributed by atoms with Gasteiger partial charge >= 0.3 is 6.03 Å². The van der Waals surface area contributed by atoms with Gasteiger partial charge in [-0.3, -0.25) is 0 Å². The average Bonchev–Trinajstić information content (AvgIpc) is 2.42. The molecule has 1 aromatic carbocycles. The molecule has 1 aromatic rings. The molecule has 0 unspecified atom stereocenters. The monoisotopic (exact) mass is 282 g/mol. The highest BCUT2D eigenvalue weighted by atomic mass is 19.1. The van der Waals surface area contributed by atoms with Crippen molar-refractivity contribution < 1.29 is 13.9 Å². The van der Waals surface area contributed by atoms with E-state index in [2.05, 4.69) is 5.32 Å². The number of rotatable bonds is 6. The molecule has 0 spiro atoms. The van der Waals surface area contributed by atoms with E-state index in [1.165, 1.54) is 12.1 Å². The molecule has 0 radical (unpaired) electrons. The van der Waals surface area contributed by atoms with Gasteiger partial charge in [0.1, 0.15) is 5.82 Å². The van der Waals surface area contributed by atoms with Crippen LogP contribution in [0.5, 0.6) is 0 Å². The number of nitrogens with zero attached hydrogens (tertiary/aromatic N) is 1. The molecule has 20 heavy (non-hydrogen) atoms. The number of ether oxygens (including phenoxy) is 1. The molecule has 0 aliphatic carbocycles. The summed E-state index contributed by atoms with van der Waals surface area (Å²) in [6.07, 6.45) is 0. The summed E-state index contributed by atoms with van der Waals surface area (Å²) in [4.78, 5) is 13.5. The molecule has 2 amide bonds. The zero-order valence-electron chi connectivity index (χ0n) is 12.6. The van der Waals surface area contributed by atoms with Crippen molar-refractivity contribution in [3.63, 3.8) is 0 Å². The maximum atomic E-state index is 12.9. The van der Waals surface area contributed by atoms with E-state index in [1.54, 1.807) is 31.2 Å². The van der Waals surface area contributed by atoms with Gasteiger partial charge in [0.15, 0.2) is 0 Å². The van der Waals surface area contributed by atoms with E-state index in [1.807, 2.05) is 13.8 Å². The van der Waals surface area contributed by atoms with Crippen LogP contribution in [0.2, 0.25) is 0 Å². The summed E-state index contributed by atoms with van der Waals surface area (Å²) >= 11 is 0. The van der Waals surface area contributed by atoms with E-state index in [4.69, 9.17) is 4.74 Å². The first kappa shape index (κ1) is 16.4. The highest BCUT2D eigenvalue weighted by Gasteiger charge is 2.22. The Labute approximate surface area is 119 Å². The molecule has 0 bridgehead atoms. The number of hydrogen-bond donors (Lipinski definition) is 1. The number of halogens is 1. The molecule has 0 heterocycles. The zero-order chi connectivity index (χ0) is 15.2. The molecule has 0 saturated carbocycles. The fraction of sp³-hybridized carbons (Fsp3) is 0.533. The van der Waals surface area contributed by atoms with Gasteiger partial charge in [-0.15, -0.1) is 0 Å². The molecule has 1 rings (SSSR count). The van der Waals surface area contributed by atoms with Gasteiger partial charge in [-0.25, -0.2) is 9.18 Å². The Kier molecular flexibility index (Phi) is 5.95. The fourth-order valence-electron chi connectivity index (χ4n) is 1.76.